The van der Waals surface area contributed by atoms with Gasteiger partial charge in [-0.05, 0) is 6.07 Å². The number of aromatic nitrogens is 1. The number of nitro benzene ring substituents is 1. The van der Waals surface area contributed by atoms with E-state index < -0.39 is 4.92 Å². The Bertz CT molecular complexity index is 443. The van der Waals surface area contributed by atoms with Gasteiger partial charge in [0.15, 0.2) is 0 Å². The standard InChI is InChI=1S/C7H3N2O2S.Y/c10-9(11)6-1-2-7-5(3-6)4-8-12-7;/h1-3H;/q-1;. The summed E-state index contributed by atoms with van der Waals surface area (Å²) in [5, 5.41) is 11.0. The predicted octanol–water partition coefficient (Wildman–Crippen LogP) is 2.00. The SMILES string of the molecule is O=[N+]([O-])c1ccc2sn[c-]c2c1.[Y]. The Hall–Kier alpha value is -0.386. The molecule has 6 heteroatoms. The number of rotatable bonds is 1. The monoisotopic (exact) mass is 268 g/mol. The first-order valence-electron chi connectivity index (χ1n) is 3.19. The van der Waals surface area contributed by atoms with Gasteiger partial charge >= 0.3 is 0 Å². The molecule has 1 aromatic carbocycles. The van der Waals surface area contributed by atoms with Crippen LogP contribution >= 0.6 is 11.5 Å². The molecule has 0 saturated carbocycles. The van der Waals surface area contributed by atoms with Gasteiger partial charge in [-0.3, -0.25) is 14.5 Å². The molecule has 1 heterocycles. The molecule has 1 aromatic heterocycles. The molecule has 0 atom stereocenters. The molecule has 0 N–H and O–H groups in total. The van der Waals surface area contributed by atoms with Crippen LogP contribution in [0.1, 0.15) is 0 Å². The van der Waals surface area contributed by atoms with E-state index in [2.05, 4.69) is 10.6 Å². The molecule has 2 rings (SSSR count). The molecule has 4 nitrogen and oxygen atoms in total. The second-order valence-corrected chi connectivity index (χ2v) is 3.04. The van der Waals surface area contributed by atoms with Crippen LogP contribution in [-0.4, -0.2) is 9.30 Å². The molecule has 0 fully saturated rings. The van der Waals surface area contributed by atoms with Crippen molar-refractivity contribution in [1.82, 2.24) is 4.37 Å². The topological polar surface area (TPSA) is 56.0 Å². The molecule has 0 spiro atoms. The number of nitrogens with zero attached hydrogens (tertiary/aromatic N) is 2. The number of benzene rings is 1. The first-order valence-corrected chi connectivity index (χ1v) is 3.96. The quantitative estimate of drug-likeness (QED) is 0.451. The number of non-ortho nitro benzene ring substituents is 1. The van der Waals surface area contributed by atoms with Crippen molar-refractivity contribution < 1.29 is 37.6 Å². The maximum atomic E-state index is 10.3. The van der Waals surface area contributed by atoms with E-state index in [1.807, 2.05) is 0 Å². The third-order valence-corrected chi connectivity index (χ3v) is 2.22. The van der Waals surface area contributed by atoms with Crippen molar-refractivity contribution in [2.24, 2.45) is 0 Å². The zero-order valence-electron chi connectivity index (χ0n) is 6.43. The molecular formula is C7H3N2O2SY-. The molecule has 0 unspecified atom stereocenters. The normalized spacial score (nSPS) is 9.54. The van der Waals surface area contributed by atoms with Crippen molar-refractivity contribution >= 4 is 27.3 Å². The van der Waals surface area contributed by atoms with Crippen LogP contribution in [0.3, 0.4) is 0 Å². The van der Waals surface area contributed by atoms with Gasteiger partial charge in [0.2, 0.25) is 5.69 Å². The Kier molecular flexibility index (Phi) is 3.47. The summed E-state index contributed by atoms with van der Waals surface area (Å²) in [6, 6.07) is 4.62. The van der Waals surface area contributed by atoms with Crippen molar-refractivity contribution in [3.8, 4) is 0 Å². The second kappa shape index (κ2) is 4.22. The third kappa shape index (κ3) is 2.10. The minimum absolute atomic E-state index is 0. The summed E-state index contributed by atoms with van der Waals surface area (Å²) >= 11 is 1.28. The molecule has 0 aliphatic rings. The van der Waals surface area contributed by atoms with Crippen molar-refractivity contribution in [2.45, 2.75) is 0 Å². The van der Waals surface area contributed by atoms with E-state index in [4.69, 9.17) is 0 Å². The maximum Gasteiger partial charge on any atom is 0.217 e. The van der Waals surface area contributed by atoms with Gasteiger partial charge in [0, 0.05) is 37.6 Å². The van der Waals surface area contributed by atoms with E-state index in [0.717, 1.165) is 4.70 Å². The molecule has 2 aromatic rings. The van der Waals surface area contributed by atoms with Gasteiger partial charge in [0.1, 0.15) is 0 Å². The summed E-state index contributed by atoms with van der Waals surface area (Å²) in [5.74, 6) is 0. The van der Waals surface area contributed by atoms with Gasteiger partial charge in [0.25, 0.3) is 0 Å². The molecule has 0 bridgehead atoms. The minimum atomic E-state index is -0.426. The minimum Gasteiger partial charge on any atom is -0.281 e. The molecule has 1 radical (unpaired) electrons. The van der Waals surface area contributed by atoms with Crippen LogP contribution in [0, 0.1) is 16.3 Å². The van der Waals surface area contributed by atoms with Gasteiger partial charge in [-0.2, -0.15) is 0 Å². The molecular weight excluding hydrogens is 265 g/mol. The van der Waals surface area contributed by atoms with E-state index >= 15 is 0 Å². The third-order valence-electron chi connectivity index (χ3n) is 1.48. The number of hydrogen-bond donors (Lipinski definition) is 0. The Balaban J connectivity index is 0.000000845. The molecule has 0 amide bonds. The number of nitro groups is 1. The van der Waals surface area contributed by atoms with E-state index in [1.165, 1.54) is 23.7 Å². The fourth-order valence-corrected chi connectivity index (χ4v) is 1.49. The number of hydrogen-bond acceptors (Lipinski definition) is 4. The zero-order chi connectivity index (χ0) is 8.55. The van der Waals surface area contributed by atoms with Crippen molar-refractivity contribution in [2.75, 3.05) is 0 Å². The summed E-state index contributed by atoms with van der Waals surface area (Å²) in [5.41, 5.74) is 0.0824. The molecule has 0 saturated heterocycles. The molecule has 0 aliphatic carbocycles. The van der Waals surface area contributed by atoms with Crippen LogP contribution in [0.5, 0.6) is 0 Å². The summed E-state index contributed by atoms with van der Waals surface area (Å²) in [4.78, 5) is 9.92. The maximum absolute atomic E-state index is 10.3. The predicted molar refractivity (Wildman–Crippen MR) is 45.1 cm³/mol. The van der Waals surface area contributed by atoms with Crippen LogP contribution < -0.4 is 0 Å². The summed E-state index contributed by atoms with van der Waals surface area (Å²) in [6.07, 6.45) is 2.68. The van der Waals surface area contributed by atoms with Gasteiger partial charge in [-0.1, -0.05) is 23.0 Å². The van der Waals surface area contributed by atoms with E-state index in [1.54, 1.807) is 6.07 Å². The second-order valence-electron chi connectivity index (χ2n) is 2.23. The Morgan fingerprint density at radius 1 is 1.54 bits per heavy atom. The zero-order valence-corrected chi connectivity index (χ0v) is 10.1. The summed E-state index contributed by atoms with van der Waals surface area (Å²) in [6.45, 7) is 0. The van der Waals surface area contributed by atoms with Crippen LogP contribution in [0.15, 0.2) is 18.2 Å². The van der Waals surface area contributed by atoms with Crippen molar-refractivity contribution in [1.29, 1.82) is 0 Å². The van der Waals surface area contributed by atoms with Crippen molar-refractivity contribution in [3.05, 3.63) is 34.5 Å². The first-order chi connectivity index (χ1) is 5.77. The number of fused-ring (bicyclic) bond motifs is 1. The van der Waals surface area contributed by atoms with Crippen molar-refractivity contribution in [3.63, 3.8) is 0 Å². The van der Waals surface area contributed by atoms with Crippen LogP contribution in [0.25, 0.3) is 10.1 Å². The van der Waals surface area contributed by atoms with E-state index in [-0.39, 0.29) is 38.4 Å². The van der Waals surface area contributed by atoms with E-state index in [9.17, 15) is 10.1 Å². The Labute approximate surface area is 103 Å². The Morgan fingerprint density at radius 2 is 2.31 bits per heavy atom. The Morgan fingerprint density at radius 3 is 3.00 bits per heavy atom. The van der Waals surface area contributed by atoms with Crippen LogP contribution in [0.2, 0.25) is 0 Å². The smallest absolute Gasteiger partial charge is 0.217 e. The average molecular weight is 268 g/mol. The van der Waals surface area contributed by atoms with Gasteiger partial charge in [-0.15, -0.1) is 16.9 Å². The summed E-state index contributed by atoms with van der Waals surface area (Å²) in [7, 11) is 0. The molecule has 63 valence electrons. The van der Waals surface area contributed by atoms with Crippen LogP contribution in [-0.2, 0) is 32.7 Å². The fraction of sp³-hybridized carbons (Fsp3) is 0. The molecule has 13 heavy (non-hydrogen) atoms. The van der Waals surface area contributed by atoms with Crippen LogP contribution in [0.4, 0.5) is 5.69 Å². The van der Waals surface area contributed by atoms with Gasteiger partial charge in [-0.25, -0.2) is 0 Å². The van der Waals surface area contributed by atoms with Gasteiger partial charge < -0.3 is 0 Å². The first kappa shape index (κ1) is 10.7. The summed E-state index contributed by atoms with van der Waals surface area (Å²) < 4.78 is 4.71. The average Bonchev–Trinajstić information content (AvgIpc) is 2.49. The fourth-order valence-electron chi connectivity index (χ4n) is 0.920. The van der Waals surface area contributed by atoms with E-state index in [0.29, 0.717) is 5.39 Å². The largest absolute Gasteiger partial charge is 0.281 e. The van der Waals surface area contributed by atoms with Gasteiger partial charge in [0.05, 0.1) is 0 Å². The molecule has 0 aliphatic heterocycles.